The van der Waals surface area contributed by atoms with Crippen molar-refractivity contribution in [1.29, 1.82) is 0 Å². The van der Waals surface area contributed by atoms with Gasteiger partial charge in [-0.25, -0.2) is 8.78 Å². The SMILES string of the molecule is O=C(COC(=O)CN1C(=O)C(=O)c2ccccc21)Nc1cc(F)ccc1F. The van der Waals surface area contributed by atoms with Crippen LogP contribution in [0.15, 0.2) is 42.5 Å². The van der Waals surface area contributed by atoms with Gasteiger partial charge >= 0.3 is 5.97 Å². The highest BCUT2D eigenvalue weighted by Crippen LogP contribution is 2.28. The molecule has 138 valence electrons. The third-order valence-corrected chi connectivity index (χ3v) is 3.73. The molecule has 7 nitrogen and oxygen atoms in total. The number of esters is 1. The van der Waals surface area contributed by atoms with Crippen LogP contribution in [0, 0.1) is 11.6 Å². The van der Waals surface area contributed by atoms with Gasteiger partial charge < -0.3 is 10.1 Å². The standard InChI is InChI=1S/C18H12F2N2O5/c19-10-5-6-12(20)13(7-10)21-15(23)9-27-16(24)8-22-14-4-2-1-3-11(14)17(25)18(22)26/h1-7H,8-9H2,(H,21,23). The second kappa shape index (κ2) is 7.32. The Morgan fingerprint density at radius 3 is 2.59 bits per heavy atom. The fraction of sp³-hybridized carbons (Fsp3) is 0.111. The first-order valence-electron chi connectivity index (χ1n) is 7.72. The number of carbonyl (C=O) groups excluding carboxylic acids is 4. The molecule has 0 saturated heterocycles. The Labute approximate surface area is 151 Å². The lowest BCUT2D eigenvalue weighted by Gasteiger charge is -2.15. The first-order chi connectivity index (χ1) is 12.9. The Morgan fingerprint density at radius 2 is 1.81 bits per heavy atom. The molecule has 0 bridgehead atoms. The van der Waals surface area contributed by atoms with Crippen molar-refractivity contribution in [3.8, 4) is 0 Å². The molecule has 1 N–H and O–H groups in total. The summed E-state index contributed by atoms with van der Waals surface area (Å²) in [5.41, 5.74) is 0.0515. The average molecular weight is 374 g/mol. The zero-order valence-electron chi connectivity index (χ0n) is 13.7. The van der Waals surface area contributed by atoms with Crippen LogP contribution in [0.5, 0.6) is 0 Å². The fourth-order valence-corrected chi connectivity index (χ4v) is 2.51. The van der Waals surface area contributed by atoms with E-state index in [2.05, 4.69) is 5.32 Å². The van der Waals surface area contributed by atoms with Crippen LogP contribution in [0.2, 0.25) is 0 Å². The number of nitrogens with one attached hydrogen (secondary N) is 1. The van der Waals surface area contributed by atoms with Gasteiger partial charge in [0.05, 0.1) is 16.9 Å². The van der Waals surface area contributed by atoms with E-state index in [4.69, 9.17) is 4.74 Å². The fourth-order valence-electron chi connectivity index (χ4n) is 2.51. The number of rotatable bonds is 5. The number of benzene rings is 2. The molecule has 2 aromatic carbocycles. The number of anilines is 2. The van der Waals surface area contributed by atoms with Crippen molar-refractivity contribution in [3.05, 3.63) is 59.7 Å². The molecule has 2 amide bonds. The van der Waals surface area contributed by atoms with E-state index in [9.17, 15) is 28.0 Å². The average Bonchev–Trinajstić information content (AvgIpc) is 2.88. The smallest absolute Gasteiger partial charge is 0.326 e. The molecule has 1 aliphatic rings. The molecule has 0 aromatic heterocycles. The van der Waals surface area contributed by atoms with Crippen LogP contribution in [0.4, 0.5) is 20.2 Å². The molecule has 0 fully saturated rings. The van der Waals surface area contributed by atoms with Gasteiger partial charge in [0.2, 0.25) is 0 Å². The number of hydrogen-bond donors (Lipinski definition) is 1. The molecule has 0 atom stereocenters. The summed E-state index contributed by atoms with van der Waals surface area (Å²) in [4.78, 5) is 48.4. The number of ether oxygens (including phenoxy) is 1. The summed E-state index contributed by atoms with van der Waals surface area (Å²) in [5.74, 6) is -5.05. The van der Waals surface area contributed by atoms with Crippen molar-refractivity contribution in [2.75, 3.05) is 23.4 Å². The predicted molar refractivity (Wildman–Crippen MR) is 89.1 cm³/mol. The van der Waals surface area contributed by atoms with E-state index in [1.807, 2.05) is 0 Å². The number of carbonyl (C=O) groups is 4. The summed E-state index contributed by atoms with van der Waals surface area (Å²) in [7, 11) is 0. The number of fused-ring (bicyclic) bond motifs is 1. The van der Waals surface area contributed by atoms with Gasteiger partial charge in [0, 0.05) is 6.07 Å². The third-order valence-electron chi connectivity index (χ3n) is 3.73. The van der Waals surface area contributed by atoms with Gasteiger partial charge in [-0.2, -0.15) is 0 Å². The van der Waals surface area contributed by atoms with Gasteiger partial charge in [0.1, 0.15) is 18.2 Å². The quantitative estimate of drug-likeness (QED) is 0.635. The van der Waals surface area contributed by atoms with Crippen LogP contribution >= 0.6 is 0 Å². The van der Waals surface area contributed by atoms with Crippen LogP contribution in [-0.2, 0) is 19.1 Å². The van der Waals surface area contributed by atoms with Crippen molar-refractivity contribution in [1.82, 2.24) is 0 Å². The van der Waals surface area contributed by atoms with Crippen molar-refractivity contribution in [2.45, 2.75) is 0 Å². The number of ketones is 1. The molecule has 0 radical (unpaired) electrons. The van der Waals surface area contributed by atoms with E-state index >= 15 is 0 Å². The zero-order valence-corrected chi connectivity index (χ0v) is 13.7. The maximum absolute atomic E-state index is 13.5. The lowest BCUT2D eigenvalue weighted by atomic mass is 10.1. The molecule has 9 heteroatoms. The van der Waals surface area contributed by atoms with Gasteiger partial charge in [-0.1, -0.05) is 12.1 Å². The van der Waals surface area contributed by atoms with Gasteiger partial charge in [-0.3, -0.25) is 24.1 Å². The van der Waals surface area contributed by atoms with E-state index in [1.165, 1.54) is 12.1 Å². The molecule has 1 heterocycles. The van der Waals surface area contributed by atoms with Crippen LogP contribution in [0.1, 0.15) is 10.4 Å². The van der Waals surface area contributed by atoms with Gasteiger partial charge in [-0.15, -0.1) is 0 Å². The van der Waals surface area contributed by atoms with Gasteiger partial charge in [0.15, 0.2) is 6.61 Å². The van der Waals surface area contributed by atoms with Crippen LogP contribution in [0.25, 0.3) is 0 Å². The Hall–Kier alpha value is -3.62. The molecule has 0 aliphatic carbocycles. The van der Waals surface area contributed by atoms with Gasteiger partial charge in [0.25, 0.3) is 17.6 Å². The molecule has 1 aliphatic heterocycles. The summed E-state index contributed by atoms with van der Waals surface area (Å²) in [5, 5.41) is 2.07. The number of Topliss-reactive ketones (excluding diaryl/α,β-unsaturated/α-hetero) is 1. The van der Waals surface area contributed by atoms with Gasteiger partial charge in [-0.05, 0) is 24.3 Å². The van der Waals surface area contributed by atoms with Crippen LogP contribution < -0.4 is 10.2 Å². The molecule has 3 rings (SSSR count). The minimum Gasteiger partial charge on any atom is -0.454 e. The number of halogens is 2. The topological polar surface area (TPSA) is 92.8 Å². The molecular formula is C18H12F2N2O5. The lowest BCUT2D eigenvalue weighted by Crippen LogP contribution is -2.36. The minimum atomic E-state index is -0.942. The van der Waals surface area contributed by atoms with Crippen LogP contribution in [0.3, 0.4) is 0 Å². The monoisotopic (exact) mass is 374 g/mol. The Bertz CT molecular complexity index is 961. The second-order valence-corrected chi connectivity index (χ2v) is 5.57. The first-order valence-corrected chi connectivity index (χ1v) is 7.72. The second-order valence-electron chi connectivity index (χ2n) is 5.57. The first kappa shape index (κ1) is 18.2. The molecule has 27 heavy (non-hydrogen) atoms. The highest BCUT2D eigenvalue weighted by Gasteiger charge is 2.36. The summed E-state index contributed by atoms with van der Waals surface area (Å²) in [6.07, 6.45) is 0. The third kappa shape index (κ3) is 3.81. The maximum atomic E-state index is 13.5. The zero-order chi connectivity index (χ0) is 19.6. The summed E-state index contributed by atoms with van der Waals surface area (Å²) < 4.78 is 31.2. The van der Waals surface area contributed by atoms with Crippen molar-refractivity contribution in [3.63, 3.8) is 0 Å². The molecular weight excluding hydrogens is 362 g/mol. The summed E-state index contributed by atoms with van der Waals surface area (Å²) in [6.45, 7) is -1.34. The lowest BCUT2D eigenvalue weighted by molar-refractivity contribution is -0.146. The molecule has 0 unspecified atom stereocenters. The van der Waals surface area contributed by atoms with Crippen molar-refractivity contribution in [2.24, 2.45) is 0 Å². The summed E-state index contributed by atoms with van der Waals surface area (Å²) in [6, 6.07) is 8.65. The highest BCUT2D eigenvalue weighted by atomic mass is 19.1. The van der Waals surface area contributed by atoms with E-state index < -0.39 is 54.0 Å². The van der Waals surface area contributed by atoms with E-state index in [-0.39, 0.29) is 11.3 Å². The number of amides is 2. The van der Waals surface area contributed by atoms with E-state index in [1.54, 1.807) is 12.1 Å². The highest BCUT2D eigenvalue weighted by molar-refractivity contribution is 6.52. The maximum Gasteiger partial charge on any atom is 0.326 e. The minimum absolute atomic E-state index is 0.176. The Kier molecular flexibility index (Phi) is 4.93. The van der Waals surface area contributed by atoms with E-state index in [0.29, 0.717) is 0 Å². The predicted octanol–water partition coefficient (Wildman–Crippen LogP) is 1.68. The van der Waals surface area contributed by atoms with Crippen molar-refractivity contribution < 1.29 is 32.7 Å². The van der Waals surface area contributed by atoms with Crippen molar-refractivity contribution >= 4 is 34.9 Å². The van der Waals surface area contributed by atoms with E-state index in [0.717, 1.165) is 23.1 Å². The molecule has 0 saturated carbocycles. The number of nitrogens with zero attached hydrogens (tertiary/aromatic N) is 1. The Balaban J connectivity index is 1.57. The Morgan fingerprint density at radius 1 is 1.07 bits per heavy atom. The largest absolute Gasteiger partial charge is 0.454 e. The normalized spacial score (nSPS) is 12.7. The van der Waals surface area contributed by atoms with Crippen LogP contribution in [-0.4, -0.2) is 36.7 Å². The summed E-state index contributed by atoms with van der Waals surface area (Å²) >= 11 is 0. The molecule has 0 spiro atoms. The molecule has 2 aromatic rings. The number of para-hydroxylation sites is 1. The number of hydrogen-bond acceptors (Lipinski definition) is 5.